The Kier molecular flexibility index (Phi) is 5.14. The van der Waals surface area contributed by atoms with Gasteiger partial charge in [0.1, 0.15) is 5.69 Å². The number of aliphatic hydroxyl groups excluding tert-OH is 1. The molecule has 1 saturated heterocycles. The number of rotatable bonds is 4. The highest BCUT2D eigenvalue weighted by atomic mass is 19.1. The Bertz CT molecular complexity index is 744. The lowest BCUT2D eigenvalue weighted by molar-refractivity contribution is 0.0594. The number of pyridine rings is 1. The van der Waals surface area contributed by atoms with Crippen molar-refractivity contribution in [2.75, 3.05) is 43.1 Å². The van der Waals surface area contributed by atoms with Crippen molar-refractivity contribution >= 4 is 17.3 Å². The molecular weight excluding hydrogens is 325 g/mol. The highest BCUT2D eigenvalue weighted by Crippen LogP contribution is 2.25. The molecule has 1 N–H and O–H groups in total. The summed E-state index contributed by atoms with van der Waals surface area (Å²) in [6, 6.07) is 8.55. The predicted octanol–water partition coefficient (Wildman–Crippen LogP) is 1.83. The Morgan fingerprint density at radius 2 is 1.92 bits per heavy atom. The maximum absolute atomic E-state index is 14.4. The van der Waals surface area contributed by atoms with Crippen molar-refractivity contribution in [3.8, 4) is 0 Å². The van der Waals surface area contributed by atoms with Crippen molar-refractivity contribution in [1.29, 1.82) is 0 Å². The maximum Gasteiger partial charge on any atom is 0.356 e. The average molecular weight is 345 g/mol. The van der Waals surface area contributed by atoms with Gasteiger partial charge in [-0.3, -0.25) is 0 Å². The molecule has 0 amide bonds. The Labute approximate surface area is 145 Å². The number of benzene rings is 1. The fourth-order valence-electron chi connectivity index (χ4n) is 2.94. The third-order valence-corrected chi connectivity index (χ3v) is 4.36. The molecule has 1 aliphatic rings. The molecule has 0 aliphatic carbocycles. The van der Waals surface area contributed by atoms with Gasteiger partial charge in [0, 0.05) is 31.7 Å². The van der Waals surface area contributed by atoms with E-state index >= 15 is 0 Å². The molecule has 7 heteroatoms. The summed E-state index contributed by atoms with van der Waals surface area (Å²) in [6.07, 6.45) is 1.65. The van der Waals surface area contributed by atoms with E-state index < -0.39 is 5.97 Å². The van der Waals surface area contributed by atoms with Crippen LogP contribution < -0.4 is 9.80 Å². The minimum atomic E-state index is -0.462. The normalized spacial score (nSPS) is 14.5. The highest BCUT2D eigenvalue weighted by molar-refractivity contribution is 5.87. The minimum absolute atomic E-state index is 0.271. The van der Waals surface area contributed by atoms with Crippen molar-refractivity contribution < 1.29 is 19.0 Å². The highest BCUT2D eigenvalue weighted by Gasteiger charge is 2.21. The average Bonchev–Trinajstić information content (AvgIpc) is 2.68. The minimum Gasteiger partial charge on any atom is -0.464 e. The Hall–Kier alpha value is -2.67. The molecule has 3 rings (SSSR count). The van der Waals surface area contributed by atoms with Crippen LogP contribution in [0.5, 0.6) is 0 Å². The molecule has 2 aromatic rings. The zero-order valence-electron chi connectivity index (χ0n) is 14.0. The smallest absolute Gasteiger partial charge is 0.356 e. The molecule has 0 bridgehead atoms. The zero-order chi connectivity index (χ0) is 17.8. The lowest BCUT2D eigenvalue weighted by Gasteiger charge is -2.37. The van der Waals surface area contributed by atoms with Gasteiger partial charge < -0.3 is 19.6 Å². The van der Waals surface area contributed by atoms with Gasteiger partial charge >= 0.3 is 5.97 Å². The number of hydrogen-bond acceptors (Lipinski definition) is 6. The second kappa shape index (κ2) is 7.48. The van der Waals surface area contributed by atoms with Gasteiger partial charge in [0.2, 0.25) is 0 Å². The van der Waals surface area contributed by atoms with Crippen molar-refractivity contribution in [3.05, 3.63) is 53.6 Å². The van der Waals surface area contributed by atoms with Gasteiger partial charge in [0.05, 0.1) is 31.3 Å². The molecule has 1 aromatic carbocycles. The number of piperazine rings is 1. The SMILES string of the molecule is COC(=O)c1ccc(N2CCN(c3cccc(CO)c3F)CC2)cn1. The number of halogens is 1. The third kappa shape index (κ3) is 3.56. The molecule has 132 valence electrons. The van der Waals surface area contributed by atoms with Crippen LogP contribution in [0.25, 0.3) is 0 Å². The molecule has 0 spiro atoms. The zero-order valence-corrected chi connectivity index (χ0v) is 14.0. The summed E-state index contributed by atoms with van der Waals surface area (Å²) in [6.45, 7) is 2.43. The topological polar surface area (TPSA) is 65.9 Å². The van der Waals surface area contributed by atoms with E-state index in [-0.39, 0.29) is 18.1 Å². The van der Waals surface area contributed by atoms with Crippen LogP contribution in [0, 0.1) is 5.82 Å². The Morgan fingerprint density at radius 3 is 2.52 bits per heavy atom. The third-order valence-electron chi connectivity index (χ3n) is 4.36. The van der Waals surface area contributed by atoms with E-state index in [4.69, 9.17) is 0 Å². The van der Waals surface area contributed by atoms with Crippen LogP contribution in [-0.2, 0) is 11.3 Å². The second-order valence-corrected chi connectivity index (χ2v) is 5.78. The lowest BCUT2D eigenvalue weighted by atomic mass is 10.1. The van der Waals surface area contributed by atoms with E-state index in [1.54, 1.807) is 30.5 Å². The largest absolute Gasteiger partial charge is 0.464 e. The number of methoxy groups -OCH3 is 1. The van der Waals surface area contributed by atoms with Crippen LogP contribution in [0.1, 0.15) is 16.1 Å². The van der Waals surface area contributed by atoms with E-state index in [0.29, 0.717) is 37.4 Å². The molecule has 0 unspecified atom stereocenters. The number of esters is 1. The Morgan fingerprint density at radius 1 is 1.20 bits per heavy atom. The molecule has 0 atom stereocenters. The summed E-state index contributed by atoms with van der Waals surface area (Å²) < 4.78 is 19.0. The second-order valence-electron chi connectivity index (χ2n) is 5.78. The van der Waals surface area contributed by atoms with Gasteiger partial charge in [-0.2, -0.15) is 0 Å². The van der Waals surface area contributed by atoms with E-state index in [1.807, 2.05) is 11.0 Å². The number of ether oxygens (including phenoxy) is 1. The molecule has 1 aromatic heterocycles. The molecule has 6 nitrogen and oxygen atoms in total. The number of aromatic nitrogens is 1. The molecule has 2 heterocycles. The number of aliphatic hydroxyl groups is 1. The summed E-state index contributed by atoms with van der Waals surface area (Å²) in [5.74, 6) is -0.821. The van der Waals surface area contributed by atoms with Gasteiger partial charge in [0.15, 0.2) is 5.82 Å². The first kappa shape index (κ1) is 17.2. The lowest BCUT2D eigenvalue weighted by Crippen LogP contribution is -2.47. The number of anilines is 2. The van der Waals surface area contributed by atoms with E-state index in [0.717, 1.165) is 5.69 Å². The van der Waals surface area contributed by atoms with E-state index in [9.17, 15) is 14.3 Å². The van der Waals surface area contributed by atoms with Gasteiger partial charge in [0.25, 0.3) is 0 Å². The van der Waals surface area contributed by atoms with Crippen molar-refractivity contribution in [3.63, 3.8) is 0 Å². The number of carbonyl (C=O) groups excluding carboxylic acids is 1. The fourth-order valence-corrected chi connectivity index (χ4v) is 2.94. The molecule has 1 aliphatic heterocycles. The van der Waals surface area contributed by atoms with Crippen LogP contribution in [-0.4, -0.2) is 49.3 Å². The van der Waals surface area contributed by atoms with Crippen LogP contribution >= 0.6 is 0 Å². The van der Waals surface area contributed by atoms with Crippen LogP contribution in [0.2, 0.25) is 0 Å². The quantitative estimate of drug-likeness (QED) is 0.853. The van der Waals surface area contributed by atoms with Gasteiger partial charge in [-0.15, -0.1) is 0 Å². The van der Waals surface area contributed by atoms with Crippen LogP contribution in [0.15, 0.2) is 36.5 Å². The van der Waals surface area contributed by atoms with Gasteiger partial charge in [-0.1, -0.05) is 12.1 Å². The Balaban J connectivity index is 1.67. The van der Waals surface area contributed by atoms with Crippen molar-refractivity contribution in [2.24, 2.45) is 0 Å². The van der Waals surface area contributed by atoms with Crippen molar-refractivity contribution in [2.45, 2.75) is 6.61 Å². The maximum atomic E-state index is 14.4. The summed E-state index contributed by atoms with van der Waals surface area (Å²) in [4.78, 5) is 19.7. The number of carbonyl (C=O) groups is 1. The van der Waals surface area contributed by atoms with Gasteiger partial charge in [-0.25, -0.2) is 14.2 Å². The number of nitrogens with zero attached hydrogens (tertiary/aromatic N) is 3. The first-order valence-corrected chi connectivity index (χ1v) is 8.06. The predicted molar refractivity (Wildman–Crippen MR) is 92.3 cm³/mol. The van der Waals surface area contributed by atoms with E-state index in [2.05, 4.69) is 14.6 Å². The summed E-state index contributed by atoms with van der Waals surface area (Å²) in [5, 5.41) is 9.20. The molecule has 0 saturated carbocycles. The standard InChI is InChI=1S/C18H20FN3O3/c1-25-18(24)15-6-5-14(11-20-15)21-7-9-22(10-8-21)16-4-2-3-13(12-23)17(16)19/h2-6,11,23H,7-10,12H2,1H3. The van der Waals surface area contributed by atoms with Crippen LogP contribution in [0.3, 0.4) is 0 Å². The van der Waals surface area contributed by atoms with Crippen molar-refractivity contribution in [1.82, 2.24) is 4.98 Å². The monoisotopic (exact) mass is 345 g/mol. The molecular formula is C18H20FN3O3. The van der Waals surface area contributed by atoms with Gasteiger partial charge in [-0.05, 0) is 18.2 Å². The summed E-state index contributed by atoms with van der Waals surface area (Å²) in [5.41, 5.74) is 2.01. The fraction of sp³-hybridized carbons (Fsp3) is 0.333. The summed E-state index contributed by atoms with van der Waals surface area (Å²) in [7, 11) is 1.32. The van der Waals surface area contributed by atoms with Crippen LogP contribution in [0.4, 0.5) is 15.8 Å². The van der Waals surface area contributed by atoms with E-state index in [1.165, 1.54) is 7.11 Å². The number of hydrogen-bond donors (Lipinski definition) is 1. The molecule has 25 heavy (non-hydrogen) atoms. The first-order chi connectivity index (χ1) is 12.1. The molecule has 0 radical (unpaired) electrons. The summed E-state index contributed by atoms with van der Waals surface area (Å²) >= 11 is 0. The first-order valence-electron chi connectivity index (χ1n) is 8.06. The molecule has 1 fully saturated rings.